The van der Waals surface area contributed by atoms with E-state index in [0.717, 1.165) is 16.8 Å². The maximum Gasteiger partial charge on any atom is 0.248 e. The first-order valence-corrected chi connectivity index (χ1v) is 10.5. The lowest BCUT2D eigenvalue weighted by molar-refractivity contribution is -0.126. The monoisotopic (exact) mass is 435 g/mol. The van der Waals surface area contributed by atoms with Gasteiger partial charge in [-0.2, -0.15) is 0 Å². The number of nitrogens with one attached hydrogen (secondary N) is 2. The van der Waals surface area contributed by atoms with Gasteiger partial charge in [0.15, 0.2) is 0 Å². The summed E-state index contributed by atoms with van der Waals surface area (Å²) in [6.07, 6.45) is 5.87. The largest absolute Gasteiger partial charge is 0.508 e. The lowest BCUT2D eigenvalue weighted by atomic mass is 9.97. The number of phenolic OH excluding ortho intramolecular Hbond substituents is 1. The molecule has 168 valence electrons. The number of likely N-dealkylation sites (N-methyl/N-ethyl adjacent to an activating group) is 1. The van der Waals surface area contributed by atoms with Crippen LogP contribution in [0, 0.1) is 5.92 Å². The number of carbonyl (C=O) groups is 2. The quantitative estimate of drug-likeness (QED) is 0.427. The second-order valence-corrected chi connectivity index (χ2v) is 8.17. The van der Waals surface area contributed by atoms with E-state index in [-0.39, 0.29) is 29.9 Å². The van der Waals surface area contributed by atoms with Crippen LogP contribution in [0.25, 0.3) is 6.08 Å². The molecule has 0 bridgehead atoms. The number of rotatable bonds is 5. The molecule has 2 atom stereocenters. The van der Waals surface area contributed by atoms with Crippen molar-refractivity contribution >= 4 is 29.3 Å². The maximum atomic E-state index is 12.5. The predicted octanol–water partition coefficient (Wildman–Crippen LogP) is 3.05. The van der Waals surface area contributed by atoms with Gasteiger partial charge in [0.1, 0.15) is 18.0 Å². The van der Waals surface area contributed by atoms with Gasteiger partial charge in [-0.05, 0) is 47.4 Å². The third kappa shape index (κ3) is 5.76. The number of hydrogen-bond donors (Lipinski definition) is 4. The van der Waals surface area contributed by atoms with E-state index in [1.54, 1.807) is 42.5 Å². The van der Waals surface area contributed by atoms with Crippen LogP contribution < -0.4 is 15.5 Å². The fraction of sp³-hybridized carbons (Fsp3) is 0.280. The molecule has 1 unspecified atom stereocenters. The van der Waals surface area contributed by atoms with Gasteiger partial charge in [0.2, 0.25) is 11.8 Å². The van der Waals surface area contributed by atoms with Crippen molar-refractivity contribution in [3.63, 3.8) is 0 Å². The molecule has 1 aliphatic rings. The van der Waals surface area contributed by atoms with Crippen LogP contribution in [-0.2, 0) is 16.0 Å². The summed E-state index contributed by atoms with van der Waals surface area (Å²) in [5.74, 6) is -0.233. The standard InChI is InChI=1S/C25H29N3O4/c1-16(2)24-25(32)27-23(31)15-18-14-19(10-13-21(18)28(24)3)26-22(30)7-5-4-6-17-8-11-20(29)12-9-17/h4-14,16,23-24,29,31H,15H2,1-3H3,(H,26,30)(H,27,32)/b6-4+,7-5+/t23?,24-/m0/s1. The van der Waals surface area contributed by atoms with Crippen LogP contribution in [0.3, 0.4) is 0 Å². The normalized spacial score (nSPS) is 19.0. The Bertz CT molecular complexity index is 1030. The van der Waals surface area contributed by atoms with Crippen molar-refractivity contribution in [1.29, 1.82) is 0 Å². The minimum Gasteiger partial charge on any atom is -0.508 e. The molecule has 3 rings (SSSR count). The highest BCUT2D eigenvalue weighted by atomic mass is 16.3. The van der Waals surface area contributed by atoms with Gasteiger partial charge in [0.25, 0.3) is 0 Å². The van der Waals surface area contributed by atoms with E-state index in [1.165, 1.54) is 6.08 Å². The van der Waals surface area contributed by atoms with Gasteiger partial charge >= 0.3 is 0 Å². The molecule has 0 aliphatic carbocycles. The zero-order chi connectivity index (χ0) is 23.3. The highest BCUT2D eigenvalue weighted by Gasteiger charge is 2.31. The van der Waals surface area contributed by atoms with Gasteiger partial charge in [0, 0.05) is 30.9 Å². The van der Waals surface area contributed by atoms with Crippen LogP contribution in [0.2, 0.25) is 0 Å². The number of fused-ring (bicyclic) bond motifs is 1. The van der Waals surface area contributed by atoms with Gasteiger partial charge in [-0.15, -0.1) is 0 Å². The number of benzene rings is 2. The van der Waals surface area contributed by atoms with Gasteiger partial charge in [0.05, 0.1) is 0 Å². The van der Waals surface area contributed by atoms with Gasteiger partial charge < -0.3 is 25.7 Å². The highest BCUT2D eigenvalue weighted by Crippen LogP contribution is 2.29. The first-order valence-electron chi connectivity index (χ1n) is 10.5. The average molecular weight is 436 g/mol. The Kier molecular flexibility index (Phi) is 7.33. The smallest absolute Gasteiger partial charge is 0.248 e. The molecule has 2 aromatic rings. The predicted molar refractivity (Wildman–Crippen MR) is 126 cm³/mol. The van der Waals surface area contributed by atoms with E-state index in [4.69, 9.17) is 0 Å². The topological polar surface area (TPSA) is 102 Å². The van der Waals surface area contributed by atoms with Crippen LogP contribution in [0.15, 0.2) is 60.7 Å². The van der Waals surface area contributed by atoms with Crippen molar-refractivity contribution in [2.24, 2.45) is 5.92 Å². The number of hydrogen-bond acceptors (Lipinski definition) is 5. The molecule has 32 heavy (non-hydrogen) atoms. The first kappa shape index (κ1) is 23.1. The fourth-order valence-corrected chi connectivity index (χ4v) is 3.83. The molecule has 1 aliphatic heterocycles. The van der Waals surface area contributed by atoms with Crippen molar-refractivity contribution in [2.45, 2.75) is 32.5 Å². The molecular weight excluding hydrogens is 406 g/mol. The number of aromatic hydroxyl groups is 1. The molecular formula is C25H29N3O4. The molecule has 0 radical (unpaired) electrons. The Morgan fingerprint density at radius 1 is 1.19 bits per heavy atom. The lowest BCUT2D eigenvalue weighted by Crippen LogP contribution is -2.53. The molecule has 0 saturated heterocycles. The minimum atomic E-state index is -0.993. The van der Waals surface area contributed by atoms with Crippen LogP contribution in [0.5, 0.6) is 5.75 Å². The Hall–Kier alpha value is -3.58. The number of aliphatic hydroxyl groups is 1. The third-order valence-electron chi connectivity index (χ3n) is 5.31. The van der Waals surface area contributed by atoms with E-state index >= 15 is 0 Å². The molecule has 2 aromatic carbocycles. The molecule has 4 N–H and O–H groups in total. The van der Waals surface area contributed by atoms with Gasteiger partial charge in [-0.1, -0.05) is 44.2 Å². The van der Waals surface area contributed by atoms with Crippen molar-refractivity contribution in [2.75, 3.05) is 17.3 Å². The molecule has 0 fully saturated rings. The Balaban J connectivity index is 1.71. The van der Waals surface area contributed by atoms with Crippen LogP contribution in [0.4, 0.5) is 11.4 Å². The summed E-state index contributed by atoms with van der Waals surface area (Å²) < 4.78 is 0. The van der Waals surface area contributed by atoms with Gasteiger partial charge in [-0.25, -0.2) is 0 Å². The Morgan fingerprint density at radius 2 is 1.91 bits per heavy atom. The van der Waals surface area contributed by atoms with E-state index in [2.05, 4.69) is 10.6 Å². The van der Waals surface area contributed by atoms with Crippen molar-refractivity contribution < 1.29 is 19.8 Å². The third-order valence-corrected chi connectivity index (χ3v) is 5.31. The first-order chi connectivity index (χ1) is 15.2. The molecule has 2 amide bonds. The minimum absolute atomic E-state index is 0.0531. The summed E-state index contributed by atoms with van der Waals surface area (Å²) in [5.41, 5.74) is 3.20. The van der Waals surface area contributed by atoms with Gasteiger partial charge in [-0.3, -0.25) is 9.59 Å². The van der Waals surface area contributed by atoms with Crippen molar-refractivity contribution in [1.82, 2.24) is 5.32 Å². The van der Waals surface area contributed by atoms with Crippen molar-refractivity contribution in [3.05, 3.63) is 71.8 Å². The van der Waals surface area contributed by atoms with E-state index < -0.39 is 12.3 Å². The number of nitrogens with zero attached hydrogens (tertiary/aromatic N) is 1. The summed E-state index contributed by atoms with van der Waals surface area (Å²) >= 11 is 0. The number of allylic oxidation sites excluding steroid dienone is 2. The summed E-state index contributed by atoms with van der Waals surface area (Å²) in [6, 6.07) is 11.8. The Labute approximate surface area is 188 Å². The highest BCUT2D eigenvalue weighted by molar-refractivity contribution is 5.99. The molecule has 0 spiro atoms. The molecule has 1 heterocycles. The number of carbonyl (C=O) groups excluding carboxylic acids is 2. The van der Waals surface area contributed by atoms with Crippen LogP contribution in [-0.4, -0.2) is 41.3 Å². The van der Waals surface area contributed by atoms with Crippen LogP contribution in [0.1, 0.15) is 25.0 Å². The van der Waals surface area contributed by atoms with Crippen molar-refractivity contribution in [3.8, 4) is 5.75 Å². The molecule has 7 heteroatoms. The van der Waals surface area contributed by atoms with E-state index in [9.17, 15) is 19.8 Å². The summed E-state index contributed by atoms with van der Waals surface area (Å²) in [5, 5.41) is 25.0. The molecule has 7 nitrogen and oxygen atoms in total. The zero-order valence-electron chi connectivity index (χ0n) is 18.4. The summed E-state index contributed by atoms with van der Waals surface area (Å²) in [4.78, 5) is 26.7. The Morgan fingerprint density at radius 3 is 2.59 bits per heavy atom. The van der Waals surface area contributed by atoms with E-state index in [0.29, 0.717) is 5.69 Å². The lowest BCUT2D eigenvalue weighted by Gasteiger charge is -2.36. The maximum absolute atomic E-state index is 12.5. The number of aliphatic hydroxyl groups excluding tert-OH is 1. The number of anilines is 2. The number of phenols is 1. The SMILES string of the molecule is CC(C)[C@H]1C(=O)NC(O)Cc2cc(NC(=O)/C=C/C=C/c3ccc(O)cc3)ccc2N1C. The average Bonchev–Trinajstić information content (AvgIpc) is 2.71. The fourth-order valence-electron chi connectivity index (χ4n) is 3.83. The molecule has 0 aromatic heterocycles. The number of amides is 2. The second kappa shape index (κ2) is 10.2. The molecule has 0 saturated carbocycles. The van der Waals surface area contributed by atoms with E-state index in [1.807, 2.05) is 44.0 Å². The summed E-state index contributed by atoms with van der Waals surface area (Å²) in [7, 11) is 1.86. The summed E-state index contributed by atoms with van der Waals surface area (Å²) in [6.45, 7) is 3.93. The van der Waals surface area contributed by atoms with Crippen LogP contribution >= 0.6 is 0 Å². The zero-order valence-corrected chi connectivity index (χ0v) is 18.4. The second-order valence-electron chi connectivity index (χ2n) is 8.17.